The van der Waals surface area contributed by atoms with Gasteiger partial charge in [0.2, 0.25) is 0 Å². The first-order chi connectivity index (χ1) is 27.6. The minimum atomic E-state index is -0.100. The van der Waals surface area contributed by atoms with Gasteiger partial charge in [-0.25, -0.2) is 0 Å². The Morgan fingerprint density at radius 3 is 2.11 bits per heavy atom. The van der Waals surface area contributed by atoms with Crippen molar-refractivity contribution < 1.29 is 4.42 Å². The first-order valence-electron chi connectivity index (χ1n) is 20.3. The third-order valence-corrected chi connectivity index (χ3v) is 12.5. The molecule has 2 aliphatic carbocycles. The van der Waals surface area contributed by atoms with Gasteiger partial charge in [0, 0.05) is 38.9 Å². The summed E-state index contributed by atoms with van der Waals surface area (Å²) >= 11 is 0. The van der Waals surface area contributed by atoms with Crippen molar-refractivity contribution in [3.05, 3.63) is 198 Å². The minimum absolute atomic E-state index is 0.0722. The first kappa shape index (κ1) is 35.1. The molecule has 0 N–H and O–H groups in total. The average molecular weight is 738 g/mol. The molecular formula is C55H47NO. The van der Waals surface area contributed by atoms with E-state index in [0.29, 0.717) is 0 Å². The molecule has 1 aromatic heterocycles. The van der Waals surface area contributed by atoms with E-state index in [-0.39, 0.29) is 16.7 Å². The molecule has 1 atom stereocenters. The van der Waals surface area contributed by atoms with Crippen LogP contribution in [0.25, 0.3) is 60.5 Å². The second-order valence-electron chi connectivity index (χ2n) is 17.4. The Labute approximate surface area is 336 Å². The highest BCUT2D eigenvalue weighted by molar-refractivity contribution is 6.06. The number of fused-ring (bicyclic) bond motifs is 7. The van der Waals surface area contributed by atoms with E-state index in [1.165, 1.54) is 72.2 Å². The molecular weight excluding hydrogens is 691 g/mol. The third-order valence-electron chi connectivity index (χ3n) is 12.5. The van der Waals surface area contributed by atoms with E-state index in [4.69, 9.17) is 4.42 Å². The van der Waals surface area contributed by atoms with Crippen LogP contribution in [0.4, 0.5) is 11.4 Å². The van der Waals surface area contributed by atoms with Crippen molar-refractivity contribution in [2.24, 2.45) is 5.92 Å². The van der Waals surface area contributed by atoms with Crippen LogP contribution in [0.15, 0.2) is 180 Å². The van der Waals surface area contributed by atoms with Crippen LogP contribution in [0, 0.1) is 5.92 Å². The Bertz CT molecular complexity index is 2970. The molecule has 8 aromatic rings. The van der Waals surface area contributed by atoms with Crippen molar-refractivity contribution in [2.45, 2.75) is 52.4 Å². The molecule has 0 bridgehead atoms. The summed E-state index contributed by atoms with van der Waals surface area (Å²) in [5.41, 5.74) is 17.2. The van der Waals surface area contributed by atoms with Crippen molar-refractivity contribution in [2.75, 3.05) is 4.90 Å². The van der Waals surface area contributed by atoms with Gasteiger partial charge in [-0.3, -0.25) is 0 Å². The molecule has 2 heteroatoms. The summed E-state index contributed by atoms with van der Waals surface area (Å²) in [4.78, 5) is 2.49. The van der Waals surface area contributed by atoms with E-state index in [1.807, 2.05) is 12.1 Å². The van der Waals surface area contributed by atoms with Gasteiger partial charge in [-0.1, -0.05) is 169 Å². The highest BCUT2D eigenvalue weighted by Gasteiger charge is 2.39. The van der Waals surface area contributed by atoms with Gasteiger partial charge in [-0.15, -0.1) is 0 Å². The van der Waals surface area contributed by atoms with Crippen LogP contribution in [0.5, 0.6) is 0 Å². The van der Waals surface area contributed by atoms with Crippen molar-refractivity contribution in [3.63, 3.8) is 0 Å². The van der Waals surface area contributed by atoms with E-state index >= 15 is 0 Å². The number of furan rings is 1. The number of anilines is 2. The van der Waals surface area contributed by atoms with Crippen molar-refractivity contribution in [3.8, 4) is 22.3 Å². The quantitative estimate of drug-likeness (QED) is 0.175. The molecule has 0 saturated heterocycles. The van der Waals surface area contributed by atoms with Gasteiger partial charge >= 0.3 is 0 Å². The molecule has 1 heterocycles. The topological polar surface area (TPSA) is 16.4 Å². The summed E-state index contributed by atoms with van der Waals surface area (Å²) in [6, 6.07) is 53.5. The summed E-state index contributed by atoms with van der Waals surface area (Å²) in [5.74, 6) is 0.0722. The molecule has 2 aliphatic rings. The van der Waals surface area contributed by atoms with Gasteiger partial charge < -0.3 is 9.32 Å². The van der Waals surface area contributed by atoms with Gasteiger partial charge in [-0.2, -0.15) is 0 Å². The molecule has 7 aromatic carbocycles. The third kappa shape index (κ3) is 5.69. The van der Waals surface area contributed by atoms with E-state index in [9.17, 15) is 0 Å². The molecule has 278 valence electrons. The molecule has 0 aliphatic heterocycles. The van der Waals surface area contributed by atoms with Crippen LogP contribution in [0.2, 0.25) is 0 Å². The maximum atomic E-state index is 6.15. The molecule has 57 heavy (non-hydrogen) atoms. The smallest absolute Gasteiger partial charge is 0.135 e. The Balaban J connectivity index is 1.09. The minimum Gasteiger partial charge on any atom is -0.456 e. The van der Waals surface area contributed by atoms with E-state index in [1.54, 1.807) is 0 Å². The first-order valence-corrected chi connectivity index (χ1v) is 20.3. The summed E-state index contributed by atoms with van der Waals surface area (Å²) in [7, 11) is 0. The Morgan fingerprint density at radius 2 is 1.28 bits per heavy atom. The lowest BCUT2D eigenvalue weighted by atomic mass is 9.79. The number of hydrogen-bond acceptors (Lipinski definition) is 2. The molecule has 0 spiro atoms. The maximum absolute atomic E-state index is 6.15. The van der Waals surface area contributed by atoms with E-state index < -0.39 is 0 Å². The van der Waals surface area contributed by atoms with Gasteiger partial charge in [0.25, 0.3) is 0 Å². The molecule has 2 nitrogen and oxygen atoms in total. The fourth-order valence-corrected chi connectivity index (χ4v) is 9.39. The van der Waals surface area contributed by atoms with Crippen molar-refractivity contribution in [1.29, 1.82) is 0 Å². The van der Waals surface area contributed by atoms with Gasteiger partial charge in [0.1, 0.15) is 11.2 Å². The van der Waals surface area contributed by atoms with E-state index in [0.717, 1.165) is 27.6 Å². The van der Waals surface area contributed by atoms with Crippen LogP contribution in [-0.4, -0.2) is 0 Å². The molecule has 0 unspecified atom stereocenters. The van der Waals surface area contributed by atoms with Gasteiger partial charge in [0.15, 0.2) is 0 Å². The molecule has 0 amide bonds. The van der Waals surface area contributed by atoms with Gasteiger partial charge in [-0.05, 0) is 103 Å². The standard InChI is InChI=1S/C55H47NO/c1-35-41(44-20-14-21-47-53(44)45-31-28-39(54(2,3)4)34-48(45)55(47,5)6)17-9-11-22-49(35)56(50-23-13-16-37-15-7-8-18-42(37)50)40-29-25-36(26-30-40)38-27-32-52-46(33-38)43-19-10-12-24-51(43)57-52/h7-35H,1-6H3/t35-/m0/s1. The number of hydrogen-bond donors (Lipinski definition) is 0. The lowest BCUT2D eigenvalue weighted by molar-refractivity contribution is 0.584. The highest BCUT2D eigenvalue weighted by atomic mass is 16.3. The molecule has 0 radical (unpaired) electrons. The number of allylic oxidation sites excluding steroid dienone is 5. The Morgan fingerprint density at radius 1 is 0.579 bits per heavy atom. The van der Waals surface area contributed by atoms with Gasteiger partial charge in [0.05, 0.1) is 5.69 Å². The monoisotopic (exact) mass is 737 g/mol. The second-order valence-corrected chi connectivity index (χ2v) is 17.4. The van der Waals surface area contributed by atoms with Crippen molar-refractivity contribution in [1.82, 2.24) is 0 Å². The number of rotatable bonds is 5. The summed E-state index contributed by atoms with van der Waals surface area (Å²) in [6.45, 7) is 14.1. The predicted molar refractivity (Wildman–Crippen MR) is 242 cm³/mol. The summed E-state index contributed by atoms with van der Waals surface area (Å²) < 4.78 is 6.15. The fraction of sp³-hybridized carbons (Fsp3) is 0.164. The van der Waals surface area contributed by atoms with Crippen LogP contribution < -0.4 is 4.90 Å². The average Bonchev–Trinajstić information content (AvgIpc) is 3.63. The lowest BCUT2D eigenvalue weighted by Crippen LogP contribution is -2.22. The van der Waals surface area contributed by atoms with Crippen LogP contribution >= 0.6 is 0 Å². The second kappa shape index (κ2) is 13.1. The molecule has 0 saturated carbocycles. The predicted octanol–water partition coefficient (Wildman–Crippen LogP) is 15.3. The summed E-state index contributed by atoms with van der Waals surface area (Å²) in [5, 5.41) is 4.73. The van der Waals surface area contributed by atoms with Crippen LogP contribution in [0.3, 0.4) is 0 Å². The van der Waals surface area contributed by atoms with Crippen LogP contribution in [0.1, 0.15) is 63.8 Å². The maximum Gasteiger partial charge on any atom is 0.135 e. The zero-order chi connectivity index (χ0) is 39.1. The SMILES string of the molecule is C[C@H]1C(c2cccc3c2-c2ccc(C(C)(C)C)cc2C3(C)C)=CC=CC=C1N(c1ccc(-c2ccc3oc4ccccc4c3c2)cc1)c1cccc2ccccc12. The largest absolute Gasteiger partial charge is 0.456 e. The zero-order valence-electron chi connectivity index (χ0n) is 33.6. The fourth-order valence-electron chi connectivity index (χ4n) is 9.39. The number of benzene rings is 7. The summed E-state index contributed by atoms with van der Waals surface area (Å²) in [6.07, 6.45) is 9.10. The number of para-hydroxylation sites is 1. The van der Waals surface area contributed by atoms with Crippen molar-refractivity contribution >= 4 is 49.7 Å². The molecule has 10 rings (SSSR count). The van der Waals surface area contributed by atoms with E-state index in [2.05, 4.69) is 204 Å². The normalized spacial score (nSPS) is 16.0. The number of nitrogens with zero attached hydrogens (tertiary/aromatic N) is 1. The lowest BCUT2D eigenvalue weighted by Gasteiger charge is -2.33. The zero-order valence-corrected chi connectivity index (χ0v) is 33.6. The molecule has 0 fully saturated rings. The highest BCUT2D eigenvalue weighted by Crippen LogP contribution is 2.53. The Hall–Kier alpha value is -6.38. The van der Waals surface area contributed by atoms with Crippen LogP contribution in [-0.2, 0) is 10.8 Å². The Kier molecular flexibility index (Phi) is 8.06.